The number of hydrogen-bond acceptors (Lipinski definition) is 4. The summed E-state index contributed by atoms with van der Waals surface area (Å²) in [5.74, 6) is 0.0616. The minimum absolute atomic E-state index is 0.179. The molecule has 0 saturated heterocycles. The molecule has 7 nitrogen and oxygen atoms in total. The van der Waals surface area contributed by atoms with Crippen molar-refractivity contribution in [2.75, 3.05) is 5.32 Å². The van der Waals surface area contributed by atoms with E-state index in [4.69, 9.17) is 23.2 Å². The van der Waals surface area contributed by atoms with Crippen LogP contribution in [0.3, 0.4) is 0 Å². The Balaban J connectivity index is 1.57. The fourth-order valence-electron chi connectivity index (χ4n) is 2.26. The molecule has 1 N–H and O–H groups in total. The number of benzene rings is 1. The summed E-state index contributed by atoms with van der Waals surface area (Å²) in [6.07, 6.45) is 3.64. The van der Waals surface area contributed by atoms with Crippen LogP contribution >= 0.6 is 23.2 Å². The molecule has 0 aliphatic carbocycles. The van der Waals surface area contributed by atoms with Crippen molar-refractivity contribution in [1.29, 1.82) is 0 Å². The van der Waals surface area contributed by atoms with E-state index in [1.807, 2.05) is 19.2 Å². The first-order valence-electron chi connectivity index (χ1n) is 7.63. The molecule has 0 bridgehead atoms. The second-order valence-electron chi connectivity index (χ2n) is 5.48. The van der Waals surface area contributed by atoms with Gasteiger partial charge >= 0.3 is 0 Å². The van der Waals surface area contributed by atoms with Crippen molar-refractivity contribution in [3.05, 3.63) is 58.1 Å². The summed E-state index contributed by atoms with van der Waals surface area (Å²) in [5.41, 5.74) is 1.67. The summed E-state index contributed by atoms with van der Waals surface area (Å²) in [5, 5.41) is 12.2. The maximum atomic E-state index is 12.0. The van der Waals surface area contributed by atoms with E-state index in [1.165, 1.54) is 6.33 Å². The zero-order chi connectivity index (χ0) is 17.8. The maximum Gasteiger partial charge on any atom is 0.248 e. The van der Waals surface area contributed by atoms with Crippen molar-refractivity contribution >= 4 is 35.1 Å². The minimum atomic E-state index is -0.179. The van der Waals surface area contributed by atoms with E-state index in [0.29, 0.717) is 23.1 Å². The van der Waals surface area contributed by atoms with Gasteiger partial charge in [-0.2, -0.15) is 5.10 Å². The van der Waals surface area contributed by atoms with E-state index in [-0.39, 0.29) is 18.3 Å². The van der Waals surface area contributed by atoms with Crippen LogP contribution in [0.2, 0.25) is 10.0 Å². The van der Waals surface area contributed by atoms with E-state index in [9.17, 15) is 4.79 Å². The molecule has 1 aromatic carbocycles. The lowest BCUT2D eigenvalue weighted by molar-refractivity contribution is -0.116. The number of carbonyl (C=O) groups excluding carboxylic acids is 1. The lowest BCUT2D eigenvalue weighted by atomic mass is 10.2. The number of halogens is 2. The Hall–Kier alpha value is -2.38. The molecular formula is C16H16Cl2N6O. The Morgan fingerprint density at radius 3 is 2.60 bits per heavy atom. The lowest BCUT2D eigenvalue weighted by Gasteiger charge is -2.06. The molecule has 2 heterocycles. The Kier molecular flexibility index (Phi) is 5.35. The first-order chi connectivity index (χ1) is 12.0. The molecular weight excluding hydrogens is 363 g/mol. The van der Waals surface area contributed by atoms with Crippen molar-refractivity contribution in [1.82, 2.24) is 24.5 Å². The lowest BCUT2D eigenvalue weighted by Crippen LogP contribution is -2.16. The summed E-state index contributed by atoms with van der Waals surface area (Å²) in [4.78, 5) is 16.1. The zero-order valence-corrected chi connectivity index (χ0v) is 15.0. The second-order valence-corrected chi connectivity index (χ2v) is 6.30. The first-order valence-corrected chi connectivity index (χ1v) is 8.39. The van der Waals surface area contributed by atoms with Crippen molar-refractivity contribution in [3.8, 4) is 0 Å². The average molecular weight is 379 g/mol. The largest absolute Gasteiger partial charge is 0.293 e. The first kappa shape index (κ1) is 17.4. The van der Waals surface area contributed by atoms with E-state index in [0.717, 1.165) is 11.3 Å². The quantitative estimate of drug-likeness (QED) is 0.714. The van der Waals surface area contributed by atoms with Crippen LogP contribution in [0.1, 0.15) is 17.7 Å². The van der Waals surface area contributed by atoms with Crippen LogP contribution in [-0.2, 0) is 17.9 Å². The summed E-state index contributed by atoms with van der Waals surface area (Å²) in [7, 11) is 0. The molecule has 0 atom stereocenters. The van der Waals surface area contributed by atoms with Gasteiger partial charge in [0.25, 0.3) is 0 Å². The van der Waals surface area contributed by atoms with Crippen molar-refractivity contribution in [2.45, 2.75) is 26.4 Å². The van der Waals surface area contributed by atoms with E-state index in [1.54, 1.807) is 27.6 Å². The number of nitrogens with zero attached hydrogens (tertiary/aromatic N) is 5. The molecule has 1 amide bonds. The molecule has 0 aliphatic rings. The molecule has 130 valence electrons. The third-order valence-corrected chi connectivity index (χ3v) is 4.22. The van der Waals surface area contributed by atoms with Gasteiger partial charge in [0.2, 0.25) is 11.9 Å². The number of anilines is 1. The molecule has 25 heavy (non-hydrogen) atoms. The standard InChI is InChI=1S/C16H16Cl2N6O/c1-11-5-7-23(21-11)8-6-15(25)20-16-19-10-24(22-16)9-12-13(17)3-2-4-14(12)18/h2-5,7,10H,6,8-9H2,1H3,(H,20,22,25). The van der Waals surface area contributed by atoms with Crippen LogP contribution in [0.5, 0.6) is 0 Å². The van der Waals surface area contributed by atoms with Gasteiger partial charge in [0.15, 0.2) is 0 Å². The fourth-order valence-corrected chi connectivity index (χ4v) is 2.78. The molecule has 2 aromatic heterocycles. The Labute approximate surface area is 154 Å². The second kappa shape index (κ2) is 7.67. The van der Waals surface area contributed by atoms with Crippen LogP contribution in [0.4, 0.5) is 5.95 Å². The molecule has 0 aliphatic heterocycles. The zero-order valence-electron chi connectivity index (χ0n) is 13.5. The van der Waals surface area contributed by atoms with Crippen LogP contribution in [0, 0.1) is 6.92 Å². The van der Waals surface area contributed by atoms with Crippen LogP contribution < -0.4 is 5.32 Å². The van der Waals surface area contributed by atoms with Crippen molar-refractivity contribution < 1.29 is 4.79 Å². The van der Waals surface area contributed by atoms with Gasteiger partial charge in [0.1, 0.15) is 6.33 Å². The molecule has 0 radical (unpaired) electrons. The highest BCUT2D eigenvalue weighted by atomic mass is 35.5. The van der Waals surface area contributed by atoms with Gasteiger partial charge in [-0.25, -0.2) is 9.67 Å². The monoisotopic (exact) mass is 378 g/mol. The van der Waals surface area contributed by atoms with Gasteiger partial charge in [-0.05, 0) is 25.1 Å². The highest BCUT2D eigenvalue weighted by Gasteiger charge is 2.10. The number of nitrogens with one attached hydrogen (secondary N) is 1. The minimum Gasteiger partial charge on any atom is -0.293 e. The van der Waals surface area contributed by atoms with Crippen molar-refractivity contribution in [2.24, 2.45) is 0 Å². The van der Waals surface area contributed by atoms with Gasteiger partial charge in [0, 0.05) is 34.8 Å². The molecule has 0 spiro atoms. The fraction of sp³-hybridized carbons (Fsp3) is 0.250. The number of hydrogen-bond donors (Lipinski definition) is 1. The predicted octanol–water partition coefficient (Wildman–Crippen LogP) is 3.17. The van der Waals surface area contributed by atoms with Crippen molar-refractivity contribution in [3.63, 3.8) is 0 Å². The van der Waals surface area contributed by atoms with Gasteiger partial charge in [-0.1, -0.05) is 29.3 Å². The summed E-state index contributed by atoms with van der Waals surface area (Å²) >= 11 is 12.3. The highest BCUT2D eigenvalue weighted by molar-refractivity contribution is 6.35. The smallest absolute Gasteiger partial charge is 0.248 e. The maximum absolute atomic E-state index is 12.0. The Morgan fingerprint density at radius 2 is 1.92 bits per heavy atom. The molecule has 0 fully saturated rings. The third kappa shape index (κ3) is 4.58. The Bertz CT molecular complexity index is 868. The summed E-state index contributed by atoms with van der Waals surface area (Å²) < 4.78 is 3.29. The van der Waals surface area contributed by atoms with E-state index >= 15 is 0 Å². The predicted molar refractivity (Wildman–Crippen MR) is 95.8 cm³/mol. The normalized spacial score (nSPS) is 10.8. The SMILES string of the molecule is Cc1ccn(CCC(=O)Nc2ncn(Cc3c(Cl)cccc3Cl)n2)n1. The van der Waals surface area contributed by atoms with Gasteiger partial charge < -0.3 is 0 Å². The van der Waals surface area contributed by atoms with Crippen LogP contribution in [-0.4, -0.2) is 30.5 Å². The van der Waals surface area contributed by atoms with Gasteiger partial charge in [-0.15, -0.1) is 5.10 Å². The molecule has 3 rings (SSSR count). The summed E-state index contributed by atoms with van der Waals surface area (Å²) in [6, 6.07) is 7.20. The third-order valence-electron chi connectivity index (χ3n) is 3.51. The topological polar surface area (TPSA) is 77.6 Å². The number of aryl methyl sites for hydroxylation is 2. The summed E-state index contributed by atoms with van der Waals surface area (Å²) in [6.45, 7) is 2.77. The molecule has 0 saturated carbocycles. The number of carbonyl (C=O) groups is 1. The molecule has 9 heteroatoms. The number of rotatable bonds is 6. The Morgan fingerprint density at radius 1 is 1.16 bits per heavy atom. The van der Waals surface area contributed by atoms with Crippen LogP contribution in [0.25, 0.3) is 0 Å². The number of amides is 1. The number of aromatic nitrogens is 5. The average Bonchev–Trinajstić information content (AvgIpc) is 3.18. The van der Waals surface area contributed by atoms with Gasteiger partial charge in [0.05, 0.1) is 12.2 Å². The molecule has 3 aromatic rings. The van der Waals surface area contributed by atoms with E-state index in [2.05, 4.69) is 20.5 Å². The van der Waals surface area contributed by atoms with Crippen LogP contribution in [0.15, 0.2) is 36.8 Å². The van der Waals surface area contributed by atoms with E-state index < -0.39 is 0 Å². The highest BCUT2D eigenvalue weighted by Crippen LogP contribution is 2.24. The molecule has 0 unspecified atom stereocenters. The van der Waals surface area contributed by atoms with Gasteiger partial charge in [-0.3, -0.25) is 14.8 Å².